The van der Waals surface area contributed by atoms with Crippen LogP contribution in [0.25, 0.3) is 0 Å². The van der Waals surface area contributed by atoms with Crippen molar-refractivity contribution < 1.29 is 27.6 Å². The molecule has 0 saturated heterocycles. The minimum Gasteiger partial charge on any atom is -0.337 e. The van der Waals surface area contributed by atoms with Crippen LogP contribution in [0.5, 0.6) is 0 Å². The van der Waals surface area contributed by atoms with Gasteiger partial charge in [-0.25, -0.2) is 17.9 Å². The summed E-state index contributed by atoms with van der Waals surface area (Å²) in [4.78, 5) is 50.2. The first-order valence-corrected chi connectivity index (χ1v) is 11.8. The van der Waals surface area contributed by atoms with E-state index < -0.39 is 39.8 Å². The Kier molecular flexibility index (Phi) is 7.12. The zero-order chi connectivity index (χ0) is 24.2. The number of carbonyl (C=O) groups excluding carboxylic acids is 4. The van der Waals surface area contributed by atoms with Crippen LogP contribution in [-0.4, -0.2) is 49.7 Å². The van der Waals surface area contributed by atoms with Crippen LogP contribution in [0.3, 0.4) is 0 Å². The fraction of sp³-hybridized carbons (Fsp3) is 0.273. The van der Waals surface area contributed by atoms with Gasteiger partial charge in [-0.1, -0.05) is 25.5 Å². The molecule has 1 aliphatic rings. The van der Waals surface area contributed by atoms with E-state index in [4.69, 9.17) is 0 Å². The number of unbranched alkanes of at least 4 members (excludes halogenated alkanes) is 1. The lowest BCUT2D eigenvalue weighted by atomic mass is 10.1. The molecular formula is C22H24N4O6S. The molecule has 1 atom stereocenters. The van der Waals surface area contributed by atoms with Gasteiger partial charge in [-0.3, -0.25) is 19.3 Å². The molecule has 10 nitrogen and oxygen atoms in total. The molecule has 3 rings (SSSR count). The molecule has 5 amide bonds. The van der Waals surface area contributed by atoms with Gasteiger partial charge in [-0.15, -0.1) is 0 Å². The third-order valence-electron chi connectivity index (χ3n) is 5.07. The molecule has 11 heteroatoms. The second-order valence-corrected chi connectivity index (χ2v) is 9.11. The molecule has 0 radical (unpaired) electrons. The molecule has 0 bridgehead atoms. The van der Waals surface area contributed by atoms with Crippen molar-refractivity contribution in [2.24, 2.45) is 0 Å². The maximum atomic E-state index is 12.7. The van der Waals surface area contributed by atoms with E-state index in [1.54, 1.807) is 12.1 Å². The van der Waals surface area contributed by atoms with Gasteiger partial charge in [-0.05, 0) is 49.7 Å². The summed E-state index contributed by atoms with van der Waals surface area (Å²) in [6, 6.07) is 9.55. The Labute approximate surface area is 191 Å². The highest BCUT2D eigenvalue weighted by molar-refractivity contribution is 7.90. The Balaban J connectivity index is 1.64. The molecule has 1 aliphatic heterocycles. The van der Waals surface area contributed by atoms with Crippen molar-refractivity contribution in [3.8, 4) is 0 Å². The van der Waals surface area contributed by atoms with Crippen LogP contribution in [0.2, 0.25) is 0 Å². The van der Waals surface area contributed by atoms with Crippen molar-refractivity contribution in [2.75, 3.05) is 11.9 Å². The zero-order valence-corrected chi connectivity index (χ0v) is 18.9. The van der Waals surface area contributed by atoms with Crippen molar-refractivity contribution in [2.45, 2.75) is 37.6 Å². The number of sulfonamides is 1. The number of hydrogen-bond donors (Lipinski definition) is 3. The highest BCUT2D eigenvalue weighted by atomic mass is 32.2. The number of benzene rings is 2. The maximum Gasteiger partial charge on any atom is 0.328 e. The topological polar surface area (TPSA) is 142 Å². The average molecular weight is 473 g/mol. The van der Waals surface area contributed by atoms with Gasteiger partial charge in [0.1, 0.15) is 6.04 Å². The van der Waals surface area contributed by atoms with Gasteiger partial charge in [0.15, 0.2) is 0 Å². The predicted octanol–water partition coefficient (Wildman–Crippen LogP) is 2.10. The summed E-state index contributed by atoms with van der Waals surface area (Å²) in [5.41, 5.74) is 0.737. The number of hydrogen-bond acceptors (Lipinski definition) is 6. The van der Waals surface area contributed by atoms with Crippen LogP contribution in [0.1, 0.15) is 47.4 Å². The number of nitrogens with zero attached hydrogens (tertiary/aromatic N) is 1. The van der Waals surface area contributed by atoms with E-state index in [2.05, 4.69) is 10.6 Å². The quantitative estimate of drug-likeness (QED) is 0.397. The Hall–Kier alpha value is -3.73. The van der Waals surface area contributed by atoms with E-state index in [0.29, 0.717) is 6.54 Å². The molecule has 174 valence electrons. The Morgan fingerprint density at radius 1 is 0.970 bits per heavy atom. The summed E-state index contributed by atoms with van der Waals surface area (Å²) >= 11 is 0. The third kappa shape index (κ3) is 5.20. The predicted molar refractivity (Wildman–Crippen MR) is 120 cm³/mol. The molecule has 33 heavy (non-hydrogen) atoms. The average Bonchev–Trinajstić information content (AvgIpc) is 3.04. The minimum atomic E-state index is -4.09. The second kappa shape index (κ2) is 9.82. The fourth-order valence-corrected chi connectivity index (χ4v) is 4.17. The van der Waals surface area contributed by atoms with Crippen molar-refractivity contribution in [3.63, 3.8) is 0 Å². The Morgan fingerprint density at radius 3 is 2.09 bits per heavy atom. The van der Waals surface area contributed by atoms with Gasteiger partial charge in [0.25, 0.3) is 21.8 Å². The van der Waals surface area contributed by atoms with E-state index in [0.717, 1.165) is 17.7 Å². The van der Waals surface area contributed by atoms with Crippen LogP contribution in [0, 0.1) is 0 Å². The molecule has 1 unspecified atom stereocenters. The summed E-state index contributed by atoms with van der Waals surface area (Å²) in [6.07, 6.45) is 1.58. The Morgan fingerprint density at radius 2 is 1.55 bits per heavy atom. The van der Waals surface area contributed by atoms with Crippen LogP contribution in [-0.2, 0) is 14.8 Å². The lowest BCUT2D eigenvalue weighted by molar-refractivity contribution is -0.119. The van der Waals surface area contributed by atoms with E-state index in [1.165, 1.54) is 43.3 Å². The number of rotatable bonds is 8. The normalized spacial score (nSPS) is 13.9. The van der Waals surface area contributed by atoms with Crippen LogP contribution in [0.4, 0.5) is 10.5 Å². The first-order valence-electron chi connectivity index (χ1n) is 10.3. The van der Waals surface area contributed by atoms with Crippen molar-refractivity contribution in [1.82, 2.24) is 14.9 Å². The number of anilines is 1. The highest BCUT2D eigenvalue weighted by Gasteiger charge is 2.40. The van der Waals surface area contributed by atoms with Gasteiger partial charge in [0, 0.05) is 12.2 Å². The fourth-order valence-electron chi connectivity index (χ4n) is 3.24. The number of amides is 5. The van der Waals surface area contributed by atoms with E-state index in [1.807, 2.05) is 11.6 Å². The van der Waals surface area contributed by atoms with Gasteiger partial charge >= 0.3 is 6.03 Å². The van der Waals surface area contributed by atoms with Crippen LogP contribution >= 0.6 is 0 Å². The second-order valence-electron chi connectivity index (χ2n) is 7.43. The first-order chi connectivity index (χ1) is 15.7. The number of fused-ring (bicyclic) bond motifs is 1. The molecule has 3 N–H and O–H groups in total. The van der Waals surface area contributed by atoms with Gasteiger partial charge in [0.2, 0.25) is 5.91 Å². The number of urea groups is 1. The van der Waals surface area contributed by atoms with Crippen molar-refractivity contribution >= 4 is 39.5 Å². The molecule has 1 heterocycles. The van der Waals surface area contributed by atoms with Gasteiger partial charge < -0.3 is 10.6 Å². The third-order valence-corrected chi connectivity index (χ3v) is 6.41. The van der Waals surface area contributed by atoms with Gasteiger partial charge in [-0.2, -0.15) is 0 Å². The summed E-state index contributed by atoms with van der Waals surface area (Å²) in [7, 11) is -4.09. The summed E-state index contributed by atoms with van der Waals surface area (Å²) in [5, 5.41) is 5.01. The monoisotopic (exact) mass is 472 g/mol. The van der Waals surface area contributed by atoms with E-state index in [9.17, 15) is 27.6 Å². The number of nitrogens with one attached hydrogen (secondary N) is 3. The van der Waals surface area contributed by atoms with E-state index in [-0.39, 0.29) is 21.7 Å². The van der Waals surface area contributed by atoms with Crippen LogP contribution < -0.4 is 15.4 Å². The van der Waals surface area contributed by atoms with Gasteiger partial charge in [0.05, 0.1) is 16.0 Å². The lowest BCUT2D eigenvalue weighted by Gasteiger charge is -2.21. The van der Waals surface area contributed by atoms with E-state index >= 15 is 0 Å². The Bertz CT molecular complexity index is 1160. The standard InChI is InChI=1S/C22H24N4O6S/c1-3-4-13-23-22(30)25-33(31,32)16-11-9-15(10-12-16)24-19(27)14(2)26-20(28)17-7-5-6-8-18(17)21(26)29/h5-12,14H,3-4,13H2,1-2H3,(H,24,27)(H2,23,25,30). The molecular weight excluding hydrogens is 448 g/mol. The molecule has 0 saturated carbocycles. The minimum absolute atomic E-state index is 0.167. The SMILES string of the molecule is CCCCNC(=O)NS(=O)(=O)c1ccc(NC(=O)C(C)N2C(=O)c3ccccc3C2=O)cc1. The highest BCUT2D eigenvalue weighted by Crippen LogP contribution is 2.25. The first kappa shape index (κ1) is 23.9. The molecule has 2 aromatic carbocycles. The number of carbonyl (C=O) groups is 4. The van der Waals surface area contributed by atoms with Crippen LogP contribution in [0.15, 0.2) is 53.4 Å². The zero-order valence-electron chi connectivity index (χ0n) is 18.1. The largest absolute Gasteiger partial charge is 0.337 e. The number of imide groups is 1. The molecule has 0 aliphatic carbocycles. The smallest absolute Gasteiger partial charge is 0.328 e. The summed E-state index contributed by atoms with van der Waals surface area (Å²) in [5.74, 6) is -1.72. The summed E-state index contributed by atoms with van der Waals surface area (Å²) in [6.45, 7) is 3.72. The molecule has 0 aromatic heterocycles. The molecule has 0 spiro atoms. The van der Waals surface area contributed by atoms with Crippen molar-refractivity contribution in [1.29, 1.82) is 0 Å². The van der Waals surface area contributed by atoms with Crippen molar-refractivity contribution in [3.05, 3.63) is 59.7 Å². The molecule has 0 fully saturated rings. The lowest BCUT2D eigenvalue weighted by Crippen LogP contribution is -2.45. The molecule has 2 aromatic rings. The summed E-state index contributed by atoms with van der Waals surface area (Å²) < 4.78 is 26.6. The maximum absolute atomic E-state index is 12.7.